The molecular weight excluding hydrogens is 274 g/mol. The summed E-state index contributed by atoms with van der Waals surface area (Å²) < 4.78 is 11.1. The van der Waals surface area contributed by atoms with Crippen LogP contribution in [0.15, 0.2) is 25.7 Å². The molecule has 16 heavy (non-hydrogen) atoms. The standard InChI is InChI=1S/C10H12BrN3O2/c1-6(12-2)5-9-13-10(14-16-9)7-3-4-8(11)15-7/h3-4,6,12H,5H2,1-2H3. The van der Waals surface area contributed by atoms with Crippen LogP contribution in [0.3, 0.4) is 0 Å². The van der Waals surface area contributed by atoms with Gasteiger partial charge in [-0.05, 0) is 42.0 Å². The average Bonchev–Trinajstić information content (AvgIpc) is 2.87. The Morgan fingerprint density at radius 1 is 1.50 bits per heavy atom. The first-order chi connectivity index (χ1) is 7.69. The number of nitrogens with zero attached hydrogens (tertiary/aromatic N) is 2. The number of hydrogen-bond donors (Lipinski definition) is 1. The molecule has 2 aromatic rings. The number of furan rings is 1. The van der Waals surface area contributed by atoms with Crippen molar-refractivity contribution in [3.8, 4) is 11.6 Å². The lowest BCUT2D eigenvalue weighted by Gasteiger charge is -2.04. The van der Waals surface area contributed by atoms with Crippen molar-refractivity contribution >= 4 is 15.9 Å². The molecule has 2 heterocycles. The van der Waals surface area contributed by atoms with Crippen LogP contribution in [0.4, 0.5) is 0 Å². The lowest BCUT2D eigenvalue weighted by molar-refractivity contribution is 0.364. The second kappa shape index (κ2) is 4.80. The number of aromatic nitrogens is 2. The van der Waals surface area contributed by atoms with Crippen molar-refractivity contribution in [2.75, 3.05) is 7.05 Å². The summed E-state index contributed by atoms with van der Waals surface area (Å²) in [7, 11) is 1.89. The van der Waals surface area contributed by atoms with Crippen LogP contribution in [0.5, 0.6) is 0 Å². The van der Waals surface area contributed by atoms with Gasteiger partial charge in [-0.2, -0.15) is 4.98 Å². The van der Waals surface area contributed by atoms with Crippen LogP contribution in [-0.4, -0.2) is 23.2 Å². The molecule has 1 atom stereocenters. The third-order valence-corrected chi connectivity index (χ3v) is 2.66. The number of halogens is 1. The molecule has 0 bridgehead atoms. The first-order valence-electron chi connectivity index (χ1n) is 4.94. The zero-order chi connectivity index (χ0) is 11.5. The summed E-state index contributed by atoms with van der Waals surface area (Å²) in [5.74, 6) is 1.67. The molecule has 1 unspecified atom stereocenters. The van der Waals surface area contributed by atoms with E-state index in [4.69, 9.17) is 8.94 Å². The summed E-state index contributed by atoms with van der Waals surface area (Å²) in [5, 5.41) is 6.97. The Morgan fingerprint density at radius 2 is 2.31 bits per heavy atom. The Bertz CT molecular complexity index is 466. The van der Waals surface area contributed by atoms with Gasteiger partial charge in [-0.1, -0.05) is 5.16 Å². The summed E-state index contributed by atoms with van der Waals surface area (Å²) in [6.07, 6.45) is 0.700. The molecule has 0 saturated carbocycles. The van der Waals surface area contributed by atoms with Crippen LogP contribution in [0.1, 0.15) is 12.8 Å². The predicted molar refractivity (Wildman–Crippen MR) is 61.9 cm³/mol. The maximum atomic E-state index is 5.33. The van der Waals surface area contributed by atoms with Crippen molar-refractivity contribution in [2.45, 2.75) is 19.4 Å². The van der Waals surface area contributed by atoms with Crippen molar-refractivity contribution in [3.63, 3.8) is 0 Å². The summed E-state index contributed by atoms with van der Waals surface area (Å²) >= 11 is 3.22. The summed E-state index contributed by atoms with van der Waals surface area (Å²) in [4.78, 5) is 4.25. The van der Waals surface area contributed by atoms with Gasteiger partial charge in [-0.25, -0.2) is 0 Å². The minimum absolute atomic E-state index is 0.302. The minimum Gasteiger partial charge on any atom is -0.446 e. The molecule has 0 saturated heterocycles. The van der Waals surface area contributed by atoms with Gasteiger partial charge in [0.25, 0.3) is 0 Å². The Labute approximate surface area is 101 Å². The van der Waals surface area contributed by atoms with Gasteiger partial charge in [0.15, 0.2) is 10.4 Å². The quantitative estimate of drug-likeness (QED) is 0.933. The average molecular weight is 286 g/mol. The molecule has 2 aromatic heterocycles. The summed E-state index contributed by atoms with van der Waals surface area (Å²) in [6, 6.07) is 3.89. The van der Waals surface area contributed by atoms with Gasteiger partial charge in [0.2, 0.25) is 11.7 Å². The largest absolute Gasteiger partial charge is 0.446 e. The minimum atomic E-state index is 0.302. The third kappa shape index (κ3) is 2.51. The van der Waals surface area contributed by atoms with E-state index in [1.165, 1.54) is 0 Å². The second-order valence-corrected chi connectivity index (χ2v) is 4.29. The third-order valence-electron chi connectivity index (χ3n) is 2.24. The Morgan fingerprint density at radius 3 is 2.94 bits per heavy atom. The van der Waals surface area contributed by atoms with E-state index < -0.39 is 0 Å². The lowest BCUT2D eigenvalue weighted by Crippen LogP contribution is -2.23. The van der Waals surface area contributed by atoms with Crippen LogP contribution in [-0.2, 0) is 6.42 Å². The van der Waals surface area contributed by atoms with Crippen LogP contribution in [0.2, 0.25) is 0 Å². The zero-order valence-corrected chi connectivity index (χ0v) is 10.6. The van der Waals surface area contributed by atoms with Crippen LogP contribution < -0.4 is 5.32 Å². The fourth-order valence-corrected chi connectivity index (χ4v) is 1.54. The fourth-order valence-electron chi connectivity index (χ4n) is 1.24. The molecule has 5 nitrogen and oxygen atoms in total. The Hall–Kier alpha value is -1.14. The molecule has 0 aromatic carbocycles. The van der Waals surface area contributed by atoms with Gasteiger partial charge in [-0.3, -0.25) is 0 Å². The first kappa shape index (κ1) is 11.3. The van der Waals surface area contributed by atoms with E-state index in [1.54, 1.807) is 12.1 Å². The van der Waals surface area contributed by atoms with Crippen molar-refractivity contribution in [1.82, 2.24) is 15.5 Å². The van der Waals surface area contributed by atoms with Crippen LogP contribution in [0.25, 0.3) is 11.6 Å². The highest BCUT2D eigenvalue weighted by Gasteiger charge is 2.13. The van der Waals surface area contributed by atoms with E-state index >= 15 is 0 Å². The van der Waals surface area contributed by atoms with Gasteiger partial charge < -0.3 is 14.3 Å². The van der Waals surface area contributed by atoms with Crippen molar-refractivity contribution in [3.05, 3.63) is 22.7 Å². The number of nitrogens with one attached hydrogen (secondary N) is 1. The second-order valence-electron chi connectivity index (χ2n) is 3.51. The van der Waals surface area contributed by atoms with E-state index in [-0.39, 0.29) is 0 Å². The molecule has 86 valence electrons. The van der Waals surface area contributed by atoms with Crippen molar-refractivity contribution in [1.29, 1.82) is 0 Å². The molecule has 0 aliphatic rings. The van der Waals surface area contributed by atoms with E-state index in [1.807, 2.05) is 14.0 Å². The molecule has 0 fully saturated rings. The Balaban J connectivity index is 2.13. The van der Waals surface area contributed by atoms with Gasteiger partial charge >= 0.3 is 0 Å². The van der Waals surface area contributed by atoms with Gasteiger partial charge in [0, 0.05) is 12.5 Å². The van der Waals surface area contributed by atoms with Gasteiger partial charge in [0.1, 0.15) is 0 Å². The van der Waals surface area contributed by atoms with Crippen molar-refractivity contribution < 1.29 is 8.94 Å². The van der Waals surface area contributed by atoms with Gasteiger partial charge in [-0.15, -0.1) is 0 Å². The highest BCUT2D eigenvalue weighted by molar-refractivity contribution is 9.10. The van der Waals surface area contributed by atoms with E-state index in [0.29, 0.717) is 34.6 Å². The monoisotopic (exact) mass is 285 g/mol. The molecule has 0 spiro atoms. The summed E-state index contributed by atoms with van der Waals surface area (Å²) in [5.41, 5.74) is 0. The summed E-state index contributed by atoms with van der Waals surface area (Å²) in [6.45, 7) is 2.05. The molecule has 0 amide bonds. The smallest absolute Gasteiger partial charge is 0.238 e. The Kier molecular flexibility index (Phi) is 3.40. The van der Waals surface area contributed by atoms with E-state index in [0.717, 1.165) is 0 Å². The highest BCUT2D eigenvalue weighted by atomic mass is 79.9. The highest BCUT2D eigenvalue weighted by Crippen LogP contribution is 2.22. The molecule has 0 aliphatic heterocycles. The number of likely N-dealkylation sites (N-methyl/N-ethyl adjacent to an activating group) is 1. The SMILES string of the molecule is CNC(C)Cc1nc(-c2ccc(Br)o2)no1. The fraction of sp³-hybridized carbons (Fsp3) is 0.400. The van der Waals surface area contributed by atoms with E-state index in [2.05, 4.69) is 31.4 Å². The molecular formula is C10H12BrN3O2. The lowest BCUT2D eigenvalue weighted by atomic mass is 10.2. The molecule has 2 rings (SSSR count). The normalized spacial score (nSPS) is 12.9. The first-order valence-corrected chi connectivity index (χ1v) is 5.74. The van der Waals surface area contributed by atoms with Crippen LogP contribution in [0, 0.1) is 0 Å². The van der Waals surface area contributed by atoms with Crippen LogP contribution >= 0.6 is 15.9 Å². The molecule has 0 aliphatic carbocycles. The van der Waals surface area contributed by atoms with E-state index in [9.17, 15) is 0 Å². The van der Waals surface area contributed by atoms with Crippen molar-refractivity contribution in [2.24, 2.45) is 0 Å². The predicted octanol–water partition coefficient (Wildman–Crippen LogP) is 2.24. The number of rotatable bonds is 4. The topological polar surface area (TPSA) is 64.1 Å². The molecule has 0 radical (unpaired) electrons. The maximum Gasteiger partial charge on any atom is 0.238 e. The molecule has 6 heteroatoms. The molecule has 1 N–H and O–H groups in total. The number of hydrogen-bond acceptors (Lipinski definition) is 5. The zero-order valence-electron chi connectivity index (χ0n) is 9.03. The maximum absolute atomic E-state index is 5.33. The van der Waals surface area contributed by atoms with Gasteiger partial charge in [0.05, 0.1) is 0 Å².